The molecule has 0 unspecified atom stereocenters. The first-order valence-electron chi connectivity index (χ1n) is 5.57. The molecule has 2 aromatic rings. The van der Waals surface area contributed by atoms with Crippen molar-refractivity contribution in [3.63, 3.8) is 0 Å². The summed E-state index contributed by atoms with van der Waals surface area (Å²) in [7, 11) is 0. The highest BCUT2D eigenvalue weighted by Gasteiger charge is 2.12. The second kappa shape index (κ2) is 6.02. The molecule has 2 N–H and O–H groups in total. The Morgan fingerprint density at radius 2 is 2.42 bits per heavy atom. The maximum atomic E-state index is 11.5. The molecule has 0 spiro atoms. The zero-order chi connectivity index (χ0) is 13.8. The molecule has 0 aliphatic carbocycles. The summed E-state index contributed by atoms with van der Waals surface area (Å²) in [5.74, 6) is -0.540. The lowest BCUT2D eigenvalue weighted by atomic mass is 10.5. The van der Waals surface area contributed by atoms with Crippen molar-refractivity contribution in [3.05, 3.63) is 26.6 Å². The molecule has 0 radical (unpaired) electrons. The van der Waals surface area contributed by atoms with Crippen LogP contribution >= 0.6 is 23.1 Å². The summed E-state index contributed by atoms with van der Waals surface area (Å²) in [4.78, 5) is 26.2. The van der Waals surface area contributed by atoms with Gasteiger partial charge in [-0.15, -0.1) is 16.4 Å². The van der Waals surface area contributed by atoms with Crippen LogP contribution in [-0.4, -0.2) is 30.8 Å². The molecule has 19 heavy (non-hydrogen) atoms. The van der Waals surface area contributed by atoms with Crippen LogP contribution < -0.4 is 5.69 Å². The summed E-state index contributed by atoms with van der Waals surface area (Å²) in [6, 6.07) is 0. The molecule has 2 aromatic heterocycles. The van der Waals surface area contributed by atoms with Crippen molar-refractivity contribution < 1.29 is 9.90 Å². The van der Waals surface area contributed by atoms with Gasteiger partial charge in [-0.3, -0.25) is 4.57 Å². The Bertz CT molecular complexity index is 631. The second-order valence-corrected chi connectivity index (χ2v) is 5.50. The van der Waals surface area contributed by atoms with Crippen LogP contribution in [0.25, 0.3) is 0 Å². The molecule has 0 aromatic carbocycles. The van der Waals surface area contributed by atoms with Gasteiger partial charge in [0.2, 0.25) is 5.01 Å². The van der Waals surface area contributed by atoms with E-state index >= 15 is 0 Å². The molecule has 2 heterocycles. The average molecular weight is 300 g/mol. The molecule has 7 nitrogen and oxygen atoms in total. The second-order valence-electron chi connectivity index (χ2n) is 3.70. The molecule has 0 atom stereocenters. The summed E-state index contributed by atoms with van der Waals surface area (Å²) in [5.41, 5.74) is 0.444. The summed E-state index contributed by atoms with van der Waals surface area (Å²) in [6.45, 7) is 2.59. The van der Waals surface area contributed by atoms with Gasteiger partial charge in [0.05, 0.1) is 5.69 Å². The van der Waals surface area contributed by atoms with Crippen LogP contribution in [0.15, 0.2) is 15.3 Å². The van der Waals surface area contributed by atoms with E-state index in [2.05, 4.69) is 15.2 Å². The number of hydrogen-bond acceptors (Lipinski definition) is 6. The van der Waals surface area contributed by atoms with E-state index < -0.39 is 5.97 Å². The molecule has 0 amide bonds. The Hall–Kier alpha value is -1.61. The zero-order valence-corrected chi connectivity index (χ0v) is 11.8. The number of thioether (sulfide) groups is 1. The van der Waals surface area contributed by atoms with Gasteiger partial charge in [0.25, 0.3) is 0 Å². The van der Waals surface area contributed by atoms with Gasteiger partial charge < -0.3 is 5.11 Å². The van der Waals surface area contributed by atoms with Gasteiger partial charge in [0.1, 0.15) is 0 Å². The van der Waals surface area contributed by atoms with Crippen molar-refractivity contribution in [2.24, 2.45) is 0 Å². The Morgan fingerprint density at radius 3 is 3.05 bits per heavy atom. The first kappa shape index (κ1) is 13.8. The average Bonchev–Trinajstić information content (AvgIpc) is 2.96. The number of carboxylic acid groups (broad SMARTS) is 1. The summed E-state index contributed by atoms with van der Waals surface area (Å²) >= 11 is 2.45. The SMILES string of the molecule is CCCn1c(SCc2csc(C(=O)O)n2)n[nH]c1=O. The molecule has 2 rings (SSSR count). The minimum absolute atomic E-state index is 0.0728. The molecule has 0 fully saturated rings. The maximum Gasteiger partial charge on any atom is 0.365 e. The van der Waals surface area contributed by atoms with Gasteiger partial charge in [0, 0.05) is 17.7 Å². The first-order chi connectivity index (χ1) is 9.11. The van der Waals surface area contributed by atoms with Gasteiger partial charge in [-0.1, -0.05) is 18.7 Å². The van der Waals surface area contributed by atoms with Crippen molar-refractivity contribution in [1.29, 1.82) is 0 Å². The van der Waals surface area contributed by atoms with Crippen molar-refractivity contribution in [1.82, 2.24) is 19.7 Å². The fourth-order valence-corrected chi connectivity index (χ4v) is 3.07. The van der Waals surface area contributed by atoms with Crippen LogP contribution in [0, 0.1) is 0 Å². The number of H-pyrrole nitrogens is 1. The quantitative estimate of drug-likeness (QED) is 0.783. The first-order valence-corrected chi connectivity index (χ1v) is 7.44. The van der Waals surface area contributed by atoms with Gasteiger partial charge in [-0.2, -0.15) is 0 Å². The third kappa shape index (κ3) is 3.24. The number of aromatic nitrogens is 4. The van der Waals surface area contributed by atoms with E-state index in [1.54, 1.807) is 9.95 Å². The van der Waals surface area contributed by atoms with Crippen molar-refractivity contribution >= 4 is 29.1 Å². The van der Waals surface area contributed by atoms with Gasteiger partial charge in [-0.25, -0.2) is 19.7 Å². The molecule has 0 aliphatic rings. The van der Waals surface area contributed by atoms with Crippen LogP contribution in [0.2, 0.25) is 0 Å². The van der Waals surface area contributed by atoms with Gasteiger partial charge in [-0.05, 0) is 6.42 Å². The van der Waals surface area contributed by atoms with Gasteiger partial charge in [0.15, 0.2) is 5.16 Å². The van der Waals surface area contributed by atoms with E-state index in [1.165, 1.54) is 11.8 Å². The third-order valence-corrected chi connectivity index (χ3v) is 4.14. The minimum atomic E-state index is -1.02. The van der Waals surface area contributed by atoms with Crippen molar-refractivity contribution in [3.8, 4) is 0 Å². The van der Waals surface area contributed by atoms with Crippen LogP contribution in [0.3, 0.4) is 0 Å². The molecule has 0 saturated heterocycles. The topological polar surface area (TPSA) is 101 Å². The molecular weight excluding hydrogens is 288 g/mol. The number of carbonyl (C=O) groups is 1. The monoisotopic (exact) mass is 300 g/mol. The van der Waals surface area contributed by atoms with E-state index in [1.807, 2.05) is 6.92 Å². The molecule has 0 bridgehead atoms. The van der Waals surface area contributed by atoms with E-state index in [4.69, 9.17) is 5.11 Å². The lowest BCUT2D eigenvalue weighted by Crippen LogP contribution is -2.17. The van der Waals surface area contributed by atoms with E-state index in [-0.39, 0.29) is 10.7 Å². The number of rotatable bonds is 6. The lowest BCUT2D eigenvalue weighted by molar-refractivity contribution is 0.0696. The highest BCUT2D eigenvalue weighted by atomic mass is 32.2. The largest absolute Gasteiger partial charge is 0.476 e. The molecule has 9 heteroatoms. The van der Waals surface area contributed by atoms with Crippen LogP contribution in [0.1, 0.15) is 28.8 Å². The Labute approximate surface area is 116 Å². The standard InChI is InChI=1S/C10H12N4O3S2/c1-2-3-14-9(17)12-13-10(14)19-5-6-4-18-7(11-6)8(15)16/h4H,2-3,5H2,1H3,(H,12,17)(H,15,16). The highest BCUT2D eigenvalue weighted by molar-refractivity contribution is 7.98. The van der Waals surface area contributed by atoms with Crippen LogP contribution in [-0.2, 0) is 12.3 Å². The highest BCUT2D eigenvalue weighted by Crippen LogP contribution is 2.21. The fourth-order valence-electron chi connectivity index (χ4n) is 1.44. The molecule has 0 aliphatic heterocycles. The zero-order valence-electron chi connectivity index (χ0n) is 10.1. The molecule has 102 valence electrons. The molecular formula is C10H12N4O3S2. The van der Waals surface area contributed by atoms with E-state index in [0.29, 0.717) is 23.1 Å². The Morgan fingerprint density at radius 1 is 1.63 bits per heavy atom. The van der Waals surface area contributed by atoms with E-state index in [9.17, 15) is 9.59 Å². The third-order valence-electron chi connectivity index (χ3n) is 2.25. The Balaban J connectivity index is 2.05. The van der Waals surface area contributed by atoms with Crippen molar-refractivity contribution in [2.45, 2.75) is 30.8 Å². The lowest BCUT2D eigenvalue weighted by Gasteiger charge is -2.01. The Kier molecular flexibility index (Phi) is 4.38. The number of nitrogens with zero attached hydrogens (tertiary/aromatic N) is 3. The normalized spacial score (nSPS) is 10.8. The fraction of sp³-hybridized carbons (Fsp3) is 0.400. The summed E-state index contributed by atoms with van der Waals surface area (Å²) in [6.07, 6.45) is 0.840. The molecule has 0 saturated carbocycles. The minimum Gasteiger partial charge on any atom is -0.476 e. The number of thiazole rings is 1. The van der Waals surface area contributed by atoms with Crippen molar-refractivity contribution in [2.75, 3.05) is 0 Å². The van der Waals surface area contributed by atoms with Crippen LogP contribution in [0.5, 0.6) is 0 Å². The van der Waals surface area contributed by atoms with E-state index in [0.717, 1.165) is 17.8 Å². The predicted molar refractivity (Wildman–Crippen MR) is 71.8 cm³/mol. The number of aromatic carboxylic acids is 1. The van der Waals surface area contributed by atoms with Gasteiger partial charge >= 0.3 is 11.7 Å². The number of hydrogen-bond donors (Lipinski definition) is 2. The number of nitrogens with one attached hydrogen (secondary N) is 1. The smallest absolute Gasteiger partial charge is 0.365 e. The van der Waals surface area contributed by atoms with Crippen LogP contribution in [0.4, 0.5) is 0 Å². The predicted octanol–water partition coefficient (Wildman–Crippen LogP) is 1.43. The summed E-state index contributed by atoms with van der Waals surface area (Å²) < 4.78 is 1.56. The summed E-state index contributed by atoms with van der Waals surface area (Å²) in [5, 5.41) is 17.5. The number of aromatic amines is 1. The maximum absolute atomic E-state index is 11.5. The number of carboxylic acids is 1.